The topological polar surface area (TPSA) is 8.17 Å². The summed E-state index contributed by atoms with van der Waals surface area (Å²) in [6.07, 6.45) is 0. The number of hydrogen-bond acceptors (Lipinski definition) is 2. The third-order valence-electron chi connectivity index (χ3n) is 9.77. The first-order valence-electron chi connectivity index (χ1n) is 16.7. The minimum atomic E-state index is 1.13. The summed E-state index contributed by atoms with van der Waals surface area (Å²) >= 11 is 1.86. The maximum Gasteiger partial charge on any atom is 0.0541 e. The number of hydrogen-bond donors (Lipinski definition) is 0. The number of rotatable bonds is 5. The van der Waals surface area contributed by atoms with Crippen LogP contribution in [0.1, 0.15) is 0 Å². The van der Waals surface area contributed by atoms with E-state index in [9.17, 15) is 0 Å². The van der Waals surface area contributed by atoms with Crippen molar-refractivity contribution in [2.75, 3.05) is 4.90 Å². The number of nitrogens with zero attached hydrogens (tertiary/aromatic N) is 2. The van der Waals surface area contributed by atoms with Crippen molar-refractivity contribution in [3.05, 3.63) is 182 Å². The van der Waals surface area contributed by atoms with Gasteiger partial charge in [-0.3, -0.25) is 0 Å². The molecule has 0 saturated carbocycles. The largest absolute Gasteiger partial charge is 0.310 e. The van der Waals surface area contributed by atoms with E-state index in [0.29, 0.717) is 0 Å². The predicted molar refractivity (Wildman–Crippen MR) is 211 cm³/mol. The third-order valence-corrected chi connectivity index (χ3v) is 10.9. The van der Waals surface area contributed by atoms with Gasteiger partial charge in [0, 0.05) is 53.4 Å². The molecule has 0 aliphatic rings. The second-order valence-corrected chi connectivity index (χ2v) is 13.7. The van der Waals surface area contributed by atoms with Crippen LogP contribution in [0.5, 0.6) is 0 Å². The van der Waals surface area contributed by atoms with Crippen LogP contribution in [0.15, 0.2) is 182 Å². The molecule has 0 atom stereocenters. The summed E-state index contributed by atoms with van der Waals surface area (Å²) in [6, 6.07) is 66.2. The number of thiophene rings is 1. The molecule has 230 valence electrons. The SMILES string of the molecule is c1ccc(-n2c3ccccc3c3cc(-c4ccc(N(c5ccc6sc7ccccc7c6c5)c5cccc6ccccc56)cc4)ccc32)cc1. The molecule has 10 aromatic rings. The average Bonchev–Trinajstić information content (AvgIpc) is 3.71. The molecule has 10 rings (SSSR count). The van der Waals surface area contributed by atoms with Gasteiger partial charge in [0.25, 0.3) is 0 Å². The van der Waals surface area contributed by atoms with Gasteiger partial charge in [-0.05, 0) is 89.3 Å². The highest BCUT2D eigenvalue weighted by molar-refractivity contribution is 7.25. The van der Waals surface area contributed by atoms with Gasteiger partial charge in [-0.25, -0.2) is 0 Å². The van der Waals surface area contributed by atoms with E-state index in [1.54, 1.807) is 0 Å². The summed E-state index contributed by atoms with van der Waals surface area (Å²) < 4.78 is 4.99. The summed E-state index contributed by atoms with van der Waals surface area (Å²) in [5.74, 6) is 0. The molecule has 0 amide bonds. The van der Waals surface area contributed by atoms with Gasteiger partial charge in [0.15, 0.2) is 0 Å². The fourth-order valence-corrected chi connectivity index (χ4v) is 8.58. The zero-order valence-electron chi connectivity index (χ0n) is 26.6. The Labute approximate surface area is 288 Å². The minimum absolute atomic E-state index is 1.13. The van der Waals surface area contributed by atoms with Crippen LogP contribution in [0.2, 0.25) is 0 Å². The Bertz CT molecular complexity index is 2820. The molecule has 3 heteroatoms. The minimum Gasteiger partial charge on any atom is -0.310 e. The van der Waals surface area contributed by atoms with Gasteiger partial charge in [0.05, 0.1) is 16.7 Å². The van der Waals surface area contributed by atoms with E-state index in [-0.39, 0.29) is 0 Å². The summed E-state index contributed by atoms with van der Waals surface area (Å²) in [6.45, 7) is 0. The molecule has 0 aliphatic carbocycles. The zero-order valence-corrected chi connectivity index (χ0v) is 27.4. The Morgan fingerprint density at radius 3 is 1.92 bits per heavy atom. The molecule has 0 radical (unpaired) electrons. The standard InChI is InChI=1S/C46H30N2S/c1-2-13-34(14-3-1)48-43-18-8-6-16-38(43)40-29-33(23-27-44(40)48)31-21-24-35(25-22-31)47(42-19-10-12-32-11-4-5-15-37(32)42)36-26-28-46-41(30-36)39-17-7-9-20-45(39)49-46/h1-30H. The maximum atomic E-state index is 2.41. The number of benzene rings is 8. The molecular weight excluding hydrogens is 613 g/mol. The van der Waals surface area contributed by atoms with Crippen molar-refractivity contribution < 1.29 is 0 Å². The number of para-hydroxylation sites is 2. The molecular formula is C46H30N2S. The fourth-order valence-electron chi connectivity index (χ4n) is 7.49. The van der Waals surface area contributed by atoms with E-state index in [1.807, 2.05) is 11.3 Å². The smallest absolute Gasteiger partial charge is 0.0541 e. The van der Waals surface area contributed by atoms with Crippen molar-refractivity contribution in [2.45, 2.75) is 0 Å². The van der Waals surface area contributed by atoms with Crippen LogP contribution < -0.4 is 4.90 Å². The normalized spacial score (nSPS) is 11.7. The highest BCUT2D eigenvalue weighted by atomic mass is 32.1. The Morgan fingerprint density at radius 1 is 0.388 bits per heavy atom. The average molecular weight is 643 g/mol. The number of aromatic nitrogens is 1. The Balaban J connectivity index is 1.12. The number of fused-ring (bicyclic) bond motifs is 7. The summed E-state index contributed by atoms with van der Waals surface area (Å²) in [5.41, 5.74) is 9.45. The highest BCUT2D eigenvalue weighted by Crippen LogP contribution is 2.43. The first-order valence-corrected chi connectivity index (χ1v) is 17.5. The summed E-state index contributed by atoms with van der Waals surface area (Å²) in [4.78, 5) is 2.41. The molecule has 0 unspecified atom stereocenters. The van der Waals surface area contributed by atoms with E-state index in [4.69, 9.17) is 0 Å². The van der Waals surface area contributed by atoms with Crippen molar-refractivity contribution in [2.24, 2.45) is 0 Å². The highest BCUT2D eigenvalue weighted by Gasteiger charge is 2.18. The third kappa shape index (κ3) is 4.55. The molecule has 0 saturated heterocycles. The molecule has 2 nitrogen and oxygen atoms in total. The molecule has 2 aromatic heterocycles. The monoisotopic (exact) mass is 642 g/mol. The van der Waals surface area contributed by atoms with Crippen molar-refractivity contribution in [1.82, 2.24) is 4.57 Å². The zero-order chi connectivity index (χ0) is 32.3. The van der Waals surface area contributed by atoms with E-state index < -0.39 is 0 Å². The molecule has 0 aliphatic heterocycles. The van der Waals surface area contributed by atoms with Gasteiger partial charge in [-0.15, -0.1) is 11.3 Å². The lowest BCUT2D eigenvalue weighted by Crippen LogP contribution is -2.10. The van der Waals surface area contributed by atoms with Crippen LogP contribution in [-0.4, -0.2) is 4.57 Å². The molecule has 0 bridgehead atoms. The van der Waals surface area contributed by atoms with Crippen LogP contribution in [0.3, 0.4) is 0 Å². The second-order valence-electron chi connectivity index (χ2n) is 12.6. The maximum absolute atomic E-state index is 2.41. The summed E-state index contributed by atoms with van der Waals surface area (Å²) in [7, 11) is 0. The van der Waals surface area contributed by atoms with Crippen LogP contribution in [0, 0.1) is 0 Å². The van der Waals surface area contributed by atoms with Gasteiger partial charge in [-0.2, -0.15) is 0 Å². The first kappa shape index (κ1) is 27.9. The number of anilines is 3. The quantitative estimate of drug-likeness (QED) is 0.181. The molecule has 49 heavy (non-hydrogen) atoms. The van der Waals surface area contributed by atoms with Crippen molar-refractivity contribution in [3.8, 4) is 16.8 Å². The van der Waals surface area contributed by atoms with Crippen molar-refractivity contribution in [1.29, 1.82) is 0 Å². The van der Waals surface area contributed by atoms with Gasteiger partial charge in [-0.1, -0.05) is 109 Å². The van der Waals surface area contributed by atoms with Crippen molar-refractivity contribution in [3.63, 3.8) is 0 Å². The Kier molecular flexibility index (Phi) is 6.39. The Hall–Kier alpha value is -6.16. The van der Waals surface area contributed by atoms with Crippen LogP contribution in [-0.2, 0) is 0 Å². The molecule has 0 N–H and O–H groups in total. The van der Waals surface area contributed by atoms with Gasteiger partial charge in [0.1, 0.15) is 0 Å². The lowest BCUT2D eigenvalue weighted by Gasteiger charge is -2.27. The summed E-state index contributed by atoms with van der Waals surface area (Å²) in [5, 5.41) is 7.58. The fraction of sp³-hybridized carbons (Fsp3) is 0. The van der Waals surface area contributed by atoms with E-state index in [2.05, 4.69) is 191 Å². The van der Waals surface area contributed by atoms with E-state index >= 15 is 0 Å². The first-order chi connectivity index (χ1) is 24.3. The van der Waals surface area contributed by atoms with E-state index in [0.717, 1.165) is 11.4 Å². The Morgan fingerprint density at radius 2 is 1.04 bits per heavy atom. The van der Waals surface area contributed by atoms with Crippen LogP contribution in [0.25, 0.3) is 69.6 Å². The van der Waals surface area contributed by atoms with Gasteiger partial charge in [0.2, 0.25) is 0 Å². The molecule has 2 heterocycles. The van der Waals surface area contributed by atoms with Gasteiger partial charge < -0.3 is 9.47 Å². The lowest BCUT2D eigenvalue weighted by molar-refractivity contribution is 1.18. The molecule has 0 fully saturated rings. The molecule has 8 aromatic carbocycles. The molecule has 0 spiro atoms. The second kappa shape index (κ2) is 11.2. The van der Waals surface area contributed by atoms with Crippen molar-refractivity contribution >= 4 is 81.1 Å². The van der Waals surface area contributed by atoms with Crippen LogP contribution >= 0.6 is 11.3 Å². The lowest BCUT2D eigenvalue weighted by atomic mass is 10.0. The van der Waals surface area contributed by atoms with Gasteiger partial charge >= 0.3 is 0 Å². The van der Waals surface area contributed by atoms with Crippen LogP contribution in [0.4, 0.5) is 17.1 Å². The van der Waals surface area contributed by atoms with E-state index in [1.165, 1.54) is 75.3 Å². The predicted octanol–water partition coefficient (Wildman–Crippen LogP) is 13.4.